The molecule has 2 heterocycles. The van der Waals surface area contributed by atoms with Crippen LogP contribution in [0.1, 0.15) is 40.0 Å². The third-order valence-corrected chi connectivity index (χ3v) is 7.86. The van der Waals surface area contributed by atoms with Gasteiger partial charge in [0.2, 0.25) is 17.7 Å². The van der Waals surface area contributed by atoms with Crippen LogP contribution in [0.2, 0.25) is 0 Å². The van der Waals surface area contributed by atoms with Crippen molar-refractivity contribution in [1.29, 1.82) is 0 Å². The van der Waals surface area contributed by atoms with Crippen molar-refractivity contribution in [3.8, 4) is 11.6 Å². The van der Waals surface area contributed by atoms with E-state index in [9.17, 15) is 24.3 Å². The van der Waals surface area contributed by atoms with Crippen molar-refractivity contribution in [3.63, 3.8) is 0 Å². The van der Waals surface area contributed by atoms with E-state index in [4.69, 9.17) is 18.9 Å². The van der Waals surface area contributed by atoms with Crippen molar-refractivity contribution >= 4 is 34.5 Å². The number of likely N-dealkylation sites (tertiary alicyclic amines) is 1. The molecule has 45 heavy (non-hydrogen) atoms. The van der Waals surface area contributed by atoms with Crippen LogP contribution in [0.4, 0.5) is 0 Å². The maximum atomic E-state index is 14.1. The highest BCUT2D eigenvalue weighted by atomic mass is 16.6. The number of fused-ring (bicyclic) bond motifs is 1. The van der Waals surface area contributed by atoms with Crippen LogP contribution in [0.3, 0.4) is 0 Å². The van der Waals surface area contributed by atoms with E-state index >= 15 is 0 Å². The van der Waals surface area contributed by atoms with Gasteiger partial charge in [-0.2, -0.15) is 0 Å². The molecule has 1 aliphatic carbocycles. The van der Waals surface area contributed by atoms with Gasteiger partial charge in [-0.25, -0.2) is 9.78 Å². The lowest BCUT2D eigenvalue weighted by molar-refractivity contribution is -0.166. The van der Waals surface area contributed by atoms with Crippen LogP contribution in [0, 0.1) is 11.8 Å². The normalized spacial score (nSPS) is 23.1. The highest BCUT2D eigenvalue weighted by Crippen LogP contribution is 2.45. The predicted molar refractivity (Wildman–Crippen MR) is 165 cm³/mol. The van der Waals surface area contributed by atoms with E-state index < -0.39 is 58.9 Å². The van der Waals surface area contributed by atoms with Crippen molar-refractivity contribution in [1.82, 2.24) is 15.2 Å². The molecule has 1 aromatic heterocycles. The fraction of sp³-hybridized carbons (Fsp3) is 0.485. The molecule has 0 bridgehead atoms. The number of esters is 1. The summed E-state index contributed by atoms with van der Waals surface area (Å²) in [4.78, 5) is 58.9. The number of carbonyl (C=O) groups excluding carboxylic acids is 3. The minimum Gasteiger partial charge on any atom is -0.497 e. The van der Waals surface area contributed by atoms with Gasteiger partial charge in [0, 0.05) is 30.5 Å². The number of aliphatic carboxylic acids is 1. The smallest absolute Gasteiger partial charge is 0.330 e. The van der Waals surface area contributed by atoms with Gasteiger partial charge in [-0.3, -0.25) is 14.4 Å². The Morgan fingerprint density at radius 3 is 2.60 bits per heavy atom. The molecule has 12 heteroatoms. The molecule has 5 atom stereocenters. The van der Waals surface area contributed by atoms with Gasteiger partial charge in [0.25, 0.3) is 0 Å². The molecule has 1 aromatic carbocycles. The first kappa shape index (κ1) is 33.4. The summed E-state index contributed by atoms with van der Waals surface area (Å²) in [5.74, 6) is -4.02. The molecule has 1 aliphatic heterocycles. The zero-order chi connectivity index (χ0) is 32.9. The summed E-state index contributed by atoms with van der Waals surface area (Å²) >= 11 is 0. The quantitative estimate of drug-likeness (QED) is 0.139. The number of hydrogen-bond acceptors (Lipinski definition) is 9. The first-order valence-electron chi connectivity index (χ1n) is 14.8. The highest BCUT2D eigenvalue weighted by Gasteiger charge is 2.61. The number of aromatic nitrogens is 1. The fourth-order valence-corrected chi connectivity index (χ4v) is 5.48. The van der Waals surface area contributed by atoms with Crippen LogP contribution >= 0.6 is 0 Å². The number of carboxylic acid groups (broad SMARTS) is 1. The minimum absolute atomic E-state index is 0.00224. The molecule has 0 radical (unpaired) electrons. The molecule has 0 spiro atoms. The summed E-state index contributed by atoms with van der Waals surface area (Å²) in [6.45, 7) is 12.6. The summed E-state index contributed by atoms with van der Waals surface area (Å²) in [7, 11) is 1.57. The summed E-state index contributed by atoms with van der Waals surface area (Å²) < 4.78 is 22.6. The second-order valence-electron chi connectivity index (χ2n) is 12.2. The average molecular weight is 624 g/mol. The molecule has 2 N–H and O–H groups in total. The first-order chi connectivity index (χ1) is 21.3. The number of nitrogens with one attached hydrogen (secondary N) is 1. The third-order valence-electron chi connectivity index (χ3n) is 7.86. The van der Waals surface area contributed by atoms with Crippen molar-refractivity contribution in [3.05, 3.63) is 55.8 Å². The van der Waals surface area contributed by atoms with Gasteiger partial charge in [0.05, 0.1) is 20.3 Å². The largest absolute Gasteiger partial charge is 0.497 e. The molecule has 4 rings (SSSR count). The molecular weight excluding hydrogens is 582 g/mol. The molecule has 1 saturated heterocycles. The lowest BCUT2D eigenvalue weighted by Gasteiger charge is -2.30. The van der Waals surface area contributed by atoms with Crippen LogP contribution in [-0.4, -0.2) is 88.9 Å². The maximum absolute atomic E-state index is 14.1. The Kier molecular flexibility index (Phi) is 10.2. The number of carboxylic acids is 1. The van der Waals surface area contributed by atoms with Gasteiger partial charge >= 0.3 is 11.9 Å². The standard InChI is InChI=1S/C33H41N3O9/c1-7-14-43-15-12-25(30(39)45-32(3,4)5)29(38)36-19-23(17-26(36)27(37)35-33(31(40)41)18-21(33)8-2)44-28-24-10-9-22(42-6)16-20(24)11-13-34-28/h7-11,13,16,21,23,25-26H,1-2,12,14-15,17-19H2,3-6H3,(H,35,37)(H,40,41)/t21?,23-,25+,26+,33?/m1/s1. The lowest BCUT2D eigenvalue weighted by atomic mass is 10.0. The summed E-state index contributed by atoms with van der Waals surface area (Å²) in [5.41, 5.74) is -2.38. The molecule has 2 aliphatic rings. The van der Waals surface area contributed by atoms with E-state index in [1.54, 1.807) is 52.3 Å². The number of carbonyl (C=O) groups is 4. The molecule has 1 saturated carbocycles. The van der Waals surface area contributed by atoms with Gasteiger partial charge in [-0.05, 0) is 63.3 Å². The number of nitrogens with zero attached hydrogens (tertiary/aromatic N) is 2. The summed E-state index contributed by atoms with van der Waals surface area (Å²) in [6, 6.07) is 6.09. The molecule has 2 fully saturated rings. The van der Waals surface area contributed by atoms with Crippen molar-refractivity contribution in [2.45, 2.75) is 63.3 Å². The highest BCUT2D eigenvalue weighted by molar-refractivity contribution is 6.01. The van der Waals surface area contributed by atoms with Crippen molar-refractivity contribution < 1.29 is 43.2 Å². The first-order valence-corrected chi connectivity index (χ1v) is 14.8. The number of hydrogen-bond donors (Lipinski definition) is 2. The summed E-state index contributed by atoms with van der Waals surface area (Å²) in [5, 5.41) is 14.1. The zero-order valence-electron chi connectivity index (χ0n) is 26.1. The minimum atomic E-state index is -1.51. The number of rotatable bonds is 14. The van der Waals surface area contributed by atoms with Crippen LogP contribution in [-0.2, 0) is 28.7 Å². The second-order valence-corrected chi connectivity index (χ2v) is 12.2. The number of benzene rings is 1. The molecule has 242 valence electrons. The topological polar surface area (TPSA) is 154 Å². The molecular formula is C33H41N3O9. The van der Waals surface area contributed by atoms with Crippen molar-refractivity contribution in [2.75, 3.05) is 26.9 Å². The lowest BCUT2D eigenvalue weighted by Crippen LogP contribution is -2.54. The van der Waals surface area contributed by atoms with Crippen LogP contribution in [0.5, 0.6) is 11.6 Å². The van der Waals surface area contributed by atoms with E-state index in [0.717, 1.165) is 5.39 Å². The molecule has 2 amide bonds. The monoisotopic (exact) mass is 623 g/mol. The predicted octanol–water partition coefficient (Wildman–Crippen LogP) is 3.29. The van der Waals surface area contributed by atoms with E-state index in [-0.39, 0.29) is 39.0 Å². The van der Waals surface area contributed by atoms with E-state index in [2.05, 4.69) is 23.5 Å². The van der Waals surface area contributed by atoms with E-state index in [0.29, 0.717) is 17.0 Å². The van der Waals surface area contributed by atoms with Gasteiger partial charge in [-0.1, -0.05) is 12.2 Å². The molecule has 2 unspecified atom stereocenters. The number of methoxy groups -OCH3 is 1. The maximum Gasteiger partial charge on any atom is 0.330 e. The fourth-order valence-electron chi connectivity index (χ4n) is 5.48. The Bertz CT molecular complexity index is 1470. The Morgan fingerprint density at radius 1 is 1.22 bits per heavy atom. The molecule has 12 nitrogen and oxygen atoms in total. The number of pyridine rings is 1. The Labute approximate surface area is 262 Å². The Hall–Kier alpha value is -4.45. The summed E-state index contributed by atoms with van der Waals surface area (Å²) in [6.07, 6.45) is 4.15. The SMILES string of the molecule is C=CCOCC[C@H](C(=O)OC(C)(C)C)C(=O)N1C[C@H](Oc2nccc3cc(OC)ccc23)C[C@H]1C(=O)NC1(C(=O)O)CC1C=C. The van der Waals surface area contributed by atoms with Crippen molar-refractivity contribution in [2.24, 2.45) is 11.8 Å². The van der Waals surface area contributed by atoms with Gasteiger partial charge in [0.15, 0.2) is 0 Å². The Balaban J connectivity index is 1.64. The molecule has 2 aromatic rings. The van der Waals surface area contributed by atoms with Crippen LogP contribution in [0.25, 0.3) is 10.8 Å². The second kappa shape index (κ2) is 13.7. The zero-order valence-corrected chi connectivity index (χ0v) is 26.1. The van der Waals surface area contributed by atoms with Gasteiger partial charge in [-0.15, -0.1) is 13.2 Å². The van der Waals surface area contributed by atoms with E-state index in [1.807, 2.05) is 12.1 Å². The number of ether oxygens (including phenoxy) is 4. The number of amides is 2. The van der Waals surface area contributed by atoms with Gasteiger partial charge in [0.1, 0.15) is 35.0 Å². The van der Waals surface area contributed by atoms with Crippen LogP contribution in [0.15, 0.2) is 55.8 Å². The van der Waals surface area contributed by atoms with Gasteiger partial charge < -0.3 is 34.3 Å². The Morgan fingerprint density at radius 2 is 1.98 bits per heavy atom. The third kappa shape index (κ3) is 7.62. The van der Waals surface area contributed by atoms with E-state index in [1.165, 1.54) is 11.0 Å². The van der Waals surface area contributed by atoms with Crippen LogP contribution < -0.4 is 14.8 Å². The average Bonchev–Trinajstić information content (AvgIpc) is 3.55.